The molecule has 0 heterocycles. The third kappa shape index (κ3) is 2.16. The molecule has 0 saturated heterocycles. The lowest BCUT2D eigenvalue weighted by Gasteiger charge is -2.44. The highest BCUT2D eigenvalue weighted by Gasteiger charge is 2.61. The number of aliphatic hydroxyl groups excluding tert-OH is 1. The summed E-state index contributed by atoms with van der Waals surface area (Å²) in [5.41, 5.74) is 8.49. The molecule has 0 aromatic heterocycles. The summed E-state index contributed by atoms with van der Waals surface area (Å²) < 4.78 is 0. The summed E-state index contributed by atoms with van der Waals surface area (Å²) in [6.45, 7) is 3.29. The first kappa shape index (κ1) is 19.9. The van der Waals surface area contributed by atoms with Crippen LogP contribution in [-0.4, -0.2) is 49.5 Å². The lowest BCUT2D eigenvalue weighted by Crippen LogP contribution is -2.64. The van der Waals surface area contributed by atoms with Crippen molar-refractivity contribution in [1.82, 2.24) is 0 Å². The van der Waals surface area contributed by atoms with Gasteiger partial charge in [-0.15, -0.1) is 0 Å². The van der Waals surface area contributed by atoms with Crippen molar-refractivity contribution in [1.29, 1.82) is 0 Å². The van der Waals surface area contributed by atoms with Gasteiger partial charge in [-0.3, -0.25) is 14.4 Å². The highest BCUT2D eigenvalue weighted by molar-refractivity contribution is 6.25. The van der Waals surface area contributed by atoms with Crippen LogP contribution < -0.4 is 11.5 Å². The molecular formula is C21H20N2O7. The fourth-order valence-electron chi connectivity index (χ4n) is 4.66. The van der Waals surface area contributed by atoms with Gasteiger partial charge in [0.05, 0.1) is 17.0 Å². The molecule has 0 radical (unpaired) electrons. The maximum Gasteiger partial charge on any atom is 0.255 e. The molecule has 3 atom stereocenters. The first-order valence-electron chi connectivity index (χ1n) is 9.21. The highest BCUT2D eigenvalue weighted by Crippen LogP contribution is 2.50. The van der Waals surface area contributed by atoms with Gasteiger partial charge in [0.25, 0.3) is 5.91 Å². The molecule has 0 saturated carbocycles. The molecule has 156 valence electrons. The van der Waals surface area contributed by atoms with E-state index in [0.717, 1.165) is 0 Å². The average Bonchev–Trinajstić information content (AvgIpc) is 2.68. The molecule has 2 aliphatic rings. The Morgan fingerprint density at radius 2 is 1.77 bits per heavy atom. The number of rotatable bonds is 1. The van der Waals surface area contributed by atoms with Gasteiger partial charge in [0, 0.05) is 5.92 Å². The number of phenolic OH excluding ortho intramolecular Hbond substituents is 2. The first-order chi connectivity index (χ1) is 13.9. The van der Waals surface area contributed by atoms with Crippen molar-refractivity contribution in [3.63, 3.8) is 0 Å². The minimum Gasteiger partial charge on any atom is -0.508 e. The van der Waals surface area contributed by atoms with E-state index in [1.54, 1.807) is 26.0 Å². The Kier molecular flexibility index (Phi) is 4.00. The number of benzene rings is 2. The predicted molar refractivity (Wildman–Crippen MR) is 105 cm³/mol. The van der Waals surface area contributed by atoms with Crippen LogP contribution in [0.3, 0.4) is 0 Å². The first-order valence-corrected chi connectivity index (χ1v) is 9.21. The molecule has 2 aromatic carbocycles. The number of hydrogen-bond donors (Lipinski definition) is 6. The largest absolute Gasteiger partial charge is 0.508 e. The van der Waals surface area contributed by atoms with E-state index in [0.29, 0.717) is 22.1 Å². The van der Waals surface area contributed by atoms with Crippen molar-refractivity contribution < 1.29 is 34.8 Å². The summed E-state index contributed by atoms with van der Waals surface area (Å²) in [7, 11) is 0. The van der Waals surface area contributed by atoms with Crippen LogP contribution >= 0.6 is 0 Å². The number of Topliss-reactive ketones (excluding diaryl/α,β-unsaturated/α-hetero) is 2. The van der Waals surface area contributed by atoms with E-state index < -0.39 is 52.1 Å². The third-order valence-electron chi connectivity index (χ3n) is 6.37. The molecule has 9 nitrogen and oxygen atoms in total. The number of fused-ring (bicyclic) bond motifs is 3. The van der Waals surface area contributed by atoms with Crippen molar-refractivity contribution in [2.24, 2.45) is 17.4 Å². The molecule has 0 aliphatic heterocycles. The number of phenols is 2. The van der Waals surface area contributed by atoms with Crippen LogP contribution in [0.25, 0.3) is 10.8 Å². The summed E-state index contributed by atoms with van der Waals surface area (Å²) in [6, 6.07) is 1.86. The van der Waals surface area contributed by atoms with Gasteiger partial charge in [0.2, 0.25) is 5.78 Å². The van der Waals surface area contributed by atoms with Crippen molar-refractivity contribution in [3.05, 3.63) is 45.7 Å². The van der Waals surface area contributed by atoms with Crippen LogP contribution in [-0.2, 0) is 16.0 Å². The number of aryl methyl sites for hydroxylation is 2. The standard InChI is InChI=1S/C21H20N2O7/c1-6-3-4-8-7(2)9-5-10-14(22)17(26)13(20(23)29)19(28)21(10,30)18(27)12(9)16(25)11(8)15(6)24/h3-4,10,14,24-25,28,30H,5,22H2,1-2H3,(H2,23,29)/t10-,14+,21-/m0/s1. The lowest BCUT2D eigenvalue weighted by molar-refractivity contribution is -0.127. The SMILES string of the molecule is Cc1ccc2c(C)c3c(c(O)c2c1O)C(=O)[C@]1(O)C(O)=C(C(N)=O)C(=O)[C@H](N)[C@@H]1C3. The Balaban J connectivity index is 2.11. The van der Waals surface area contributed by atoms with Crippen molar-refractivity contribution in [3.8, 4) is 11.5 Å². The lowest BCUT2D eigenvalue weighted by atomic mass is 9.61. The Morgan fingerprint density at radius 3 is 2.37 bits per heavy atom. The molecular weight excluding hydrogens is 392 g/mol. The van der Waals surface area contributed by atoms with Crippen LogP contribution in [0.5, 0.6) is 11.5 Å². The van der Waals surface area contributed by atoms with Gasteiger partial charge in [-0.25, -0.2) is 0 Å². The third-order valence-corrected chi connectivity index (χ3v) is 6.37. The smallest absolute Gasteiger partial charge is 0.255 e. The van der Waals surface area contributed by atoms with E-state index in [9.17, 15) is 34.8 Å². The maximum absolute atomic E-state index is 13.4. The van der Waals surface area contributed by atoms with E-state index in [1.807, 2.05) is 0 Å². The molecule has 4 rings (SSSR count). The Hall–Kier alpha value is -3.43. The second-order valence-corrected chi connectivity index (χ2v) is 7.86. The number of carbonyl (C=O) groups is 3. The molecule has 2 aromatic rings. The van der Waals surface area contributed by atoms with Gasteiger partial charge < -0.3 is 31.9 Å². The minimum atomic E-state index is -2.72. The van der Waals surface area contributed by atoms with E-state index in [4.69, 9.17) is 11.5 Å². The van der Waals surface area contributed by atoms with E-state index in [2.05, 4.69) is 0 Å². The number of aliphatic hydroxyl groups is 2. The Morgan fingerprint density at radius 1 is 1.13 bits per heavy atom. The topological polar surface area (TPSA) is 184 Å². The minimum absolute atomic E-state index is 0.0245. The zero-order valence-electron chi connectivity index (χ0n) is 16.2. The van der Waals surface area contributed by atoms with Gasteiger partial charge in [0.15, 0.2) is 11.4 Å². The van der Waals surface area contributed by atoms with Crippen LogP contribution in [0.1, 0.15) is 27.0 Å². The highest BCUT2D eigenvalue weighted by atomic mass is 16.3. The van der Waals surface area contributed by atoms with Gasteiger partial charge in [-0.1, -0.05) is 12.1 Å². The number of aromatic hydroxyl groups is 2. The van der Waals surface area contributed by atoms with Crippen molar-refractivity contribution in [2.45, 2.75) is 31.9 Å². The second kappa shape index (κ2) is 6.04. The van der Waals surface area contributed by atoms with Crippen LogP contribution in [0.2, 0.25) is 0 Å². The fraction of sp³-hybridized carbons (Fsp3) is 0.286. The molecule has 30 heavy (non-hydrogen) atoms. The fourth-order valence-corrected chi connectivity index (χ4v) is 4.66. The van der Waals surface area contributed by atoms with Crippen molar-refractivity contribution in [2.75, 3.05) is 0 Å². The van der Waals surface area contributed by atoms with Crippen LogP contribution in [0.15, 0.2) is 23.5 Å². The van der Waals surface area contributed by atoms with Gasteiger partial charge >= 0.3 is 0 Å². The Labute approximate surface area is 170 Å². The molecule has 8 N–H and O–H groups in total. The summed E-state index contributed by atoms with van der Waals surface area (Å²) in [5.74, 6) is -6.67. The molecule has 0 fully saturated rings. The summed E-state index contributed by atoms with van der Waals surface area (Å²) >= 11 is 0. The van der Waals surface area contributed by atoms with Gasteiger partial charge in [-0.05, 0) is 42.3 Å². The summed E-state index contributed by atoms with van der Waals surface area (Å²) in [5, 5.41) is 43.7. The predicted octanol–water partition coefficient (Wildman–Crippen LogP) is 0.161. The van der Waals surface area contributed by atoms with Gasteiger partial charge in [0.1, 0.15) is 22.8 Å². The molecule has 0 unspecified atom stereocenters. The normalized spacial score (nSPS) is 26.0. The number of hydrogen-bond acceptors (Lipinski definition) is 8. The monoisotopic (exact) mass is 412 g/mol. The number of amides is 1. The summed E-state index contributed by atoms with van der Waals surface area (Å²) in [4.78, 5) is 37.6. The molecule has 0 spiro atoms. The molecule has 1 amide bonds. The number of nitrogens with two attached hydrogens (primary N) is 2. The van der Waals surface area contributed by atoms with Crippen LogP contribution in [0.4, 0.5) is 0 Å². The second-order valence-electron chi connectivity index (χ2n) is 7.86. The Bertz CT molecular complexity index is 1230. The quantitative estimate of drug-likeness (QED) is 0.358. The zero-order chi connectivity index (χ0) is 22.3. The molecule has 2 aliphatic carbocycles. The number of ketones is 2. The van der Waals surface area contributed by atoms with Gasteiger partial charge in [-0.2, -0.15) is 0 Å². The number of carbonyl (C=O) groups excluding carboxylic acids is 3. The van der Waals surface area contributed by atoms with Crippen molar-refractivity contribution >= 4 is 28.2 Å². The van der Waals surface area contributed by atoms with E-state index >= 15 is 0 Å². The zero-order valence-corrected chi connectivity index (χ0v) is 16.2. The molecule has 9 heteroatoms. The maximum atomic E-state index is 13.4. The van der Waals surface area contributed by atoms with E-state index in [-0.39, 0.29) is 23.1 Å². The number of primary amides is 1. The van der Waals surface area contributed by atoms with E-state index in [1.165, 1.54) is 0 Å². The average molecular weight is 412 g/mol. The molecule has 0 bridgehead atoms. The summed E-state index contributed by atoms with van der Waals surface area (Å²) in [6.07, 6.45) is -0.134. The van der Waals surface area contributed by atoms with Crippen LogP contribution in [0, 0.1) is 19.8 Å².